The van der Waals surface area contributed by atoms with Gasteiger partial charge in [0, 0.05) is 0 Å². The lowest BCUT2D eigenvalue weighted by molar-refractivity contribution is 0.657. The molecule has 1 heterocycles. The quantitative estimate of drug-likeness (QED) is 0.766. The third-order valence-corrected chi connectivity index (χ3v) is 2.41. The molecule has 0 aliphatic carbocycles. The van der Waals surface area contributed by atoms with E-state index in [0.29, 0.717) is 17.9 Å². The van der Waals surface area contributed by atoms with Crippen molar-refractivity contribution in [1.82, 2.24) is 15.0 Å². The molecule has 88 valence electrons. The van der Waals surface area contributed by atoms with Gasteiger partial charge in [0.2, 0.25) is 0 Å². The van der Waals surface area contributed by atoms with Gasteiger partial charge in [0.25, 0.3) is 0 Å². The van der Waals surface area contributed by atoms with E-state index >= 15 is 0 Å². The maximum Gasteiger partial charge on any atom is 0.190 e. The van der Waals surface area contributed by atoms with Crippen molar-refractivity contribution in [2.24, 2.45) is 0 Å². The number of aromatic nitrogens is 3. The highest BCUT2D eigenvalue weighted by atomic mass is 15.4. The van der Waals surface area contributed by atoms with E-state index in [1.54, 1.807) is 10.8 Å². The molecule has 0 aliphatic rings. The predicted octanol–water partition coefficient (Wildman–Crippen LogP) is 2.51. The van der Waals surface area contributed by atoms with Crippen LogP contribution in [0.4, 0.5) is 0 Å². The van der Waals surface area contributed by atoms with Gasteiger partial charge in [0.05, 0.1) is 12.2 Å². The summed E-state index contributed by atoms with van der Waals surface area (Å²) in [6, 6.07) is 11.9. The van der Waals surface area contributed by atoms with Gasteiger partial charge in [0.1, 0.15) is 6.07 Å². The summed E-state index contributed by atoms with van der Waals surface area (Å²) in [6.45, 7) is 4.19. The lowest BCUT2D eigenvalue weighted by Gasteiger charge is -1.98. The van der Waals surface area contributed by atoms with Crippen LogP contribution in [0, 0.1) is 11.3 Å². The molecule has 0 atom stereocenters. The van der Waals surface area contributed by atoms with Gasteiger partial charge in [-0.05, 0) is 11.6 Å². The second-order valence-corrected chi connectivity index (χ2v) is 3.65. The number of rotatable bonds is 4. The van der Waals surface area contributed by atoms with Crippen LogP contribution in [0.3, 0.4) is 0 Å². The Morgan fingerprint density at radius 1 is 1.28 bits per heavy atom. The molecule has 4 nitrogen and oxygen atoms in total. The van der Waals surface area contributed by atoms with Crippen molar-refractivity contribution in [2.45, 2.75) is 6.54 Å². The first kappa shape index (κ1) is 11.8. The number of allylic oxidation sites excluding steroid dienone is 1. The van der Waals surface area contributed by atoms with Crippen LogP contribution in [-0.2, 0) is 6.54 Å². The fourth-order valence-electron chi connectivity index (χ4n) is 1.56. The van der Waals surface area contributed by atoms with Crippen LogP contribution in [0.25, 0.3) is 12.2 Å². The van der Waals surface area contributed by atoms with Crippen LogP contribution < -0.4 is 0 Å². The van der Waals surface area contributed by atoms with Crippen LogP contribution in [0.5, 0.6) is 0 Å². The van der Waals surface area contributed by atoms with Gasteiger partial charge in [-0.3, -0.25) is 0 Å². The van der Waals surface area contributed by atoms with Crippen molar-refractivity contribution >= 4 is 12.2 Å². The van der Waals surface area contributed by atoms with Gasteiger partial charge in [-0.25, -0.2) is 4.68 Å². The van der Waals surface area contributed by atoms with E-state index in [9.17, 15) is 0 Å². The average Bonchev–Trinajstić information content (AvgIpc) is 2.80. The largest absolute Gasteiger partial charge is 0.240 e. The molecule has 2 rings (SSSR count). The van der Waals surface area contributed by atoms with Gasteiger partial charge in [-0.15, -0.1) is 11.7 Å². The Labute approximate surface area is 105 Å². The van der Waals surface area contributed by atoms with Crippen molar-refractivity contribution in [3.05, 3.63) is 59.9 Å². The highest BCUT2D eigenvalue weighted by molar-refractivity contribution is 5.69. The molecule has 0 radical (unpaired) electrons. The van der Waals surface area contributed by atoms with Crippen LogP contribution in [0.15, 0.2) is 43.0 Å². The topological polar surface area (TPSA) is 54.5 Å². The van der Waals surface area contributed by atoms with E-state index in [-0.39, 0.29) is 0 Å². The molecule has 0 aliphatic heterocycles. The zero-order valence-corrected chi connectivity index (χ0v) is 9.82. The summed E-state index contributed by atoms with van der Waals surface area (Å²) in [5.74, 6) is 0. The molecular formula is C14H12N4. The van der Waals surface area contributed by atoms with Crippen molar-refractivity contribution in [2.75, 3.05) is 0 Å². The van der Waals surface area contributed by atoms with Crippen LogP contribution in [-0.4, -0.2) is 15.0 Å². The Hall–Kier alpha value is -2.67. The molecule has 1 aromatic heterocycles. The van der Waals surface area contributed by atoms with Gasteiger partial charge < -0.3 is 0 Å². The third-order valence-electron chi connectivity index (χ3n) is 2.41. The SMILES string of the molecule is C=CCn1nnc(C#N)c1/C=C/c1ccccc1. The molecule has 0 bridgehead atoms. The molecule has 0 N–H and O–H groups in total. The van der Waals surface area contributed by atoms with Gasteiger partial charge >= 0.3 is 0 Å². The predicted molar refractivity (Wildman–Crippen MR) is 70.3 cm³/mol. The zero-order chi connectivity index (χ0) is 12.8. The molecule has 1 aromatic carbocycles. The van der Waals surface area contributed by atoms with Crippen molar-refractivity contribution < 1.29 is 0 Å². The Morgan fingerprint density at radius 3 is 2.72 bits per heavy atom. The summed E-state index contributed by atoms with van der Waals surface area (Å²) < 4.78 is 1.64. The first-order valence-corrected chi connectivity index (χ1v) is 5.52. The summed E-state index contributed by atoms with van der Waals surface area (Å²) in [5.41, 5.74) is 2.08. The minimum Gasteiger partial charge on any atom is -0.240 e. The fourth-order valence-corrected chi connectivity index (χ4v) is 1.56. The summed E-state index contributed by atoms with van der Waals surface area (Å²) in [4.78, 5) is 0. The summed E-state index contributed by atoms with van der Waals surface area (Å²) in [7, 11) is 0. The maximum atomic E-state index is 8.97. The van der Waals surface area contributed by atoms with Crippen molar-refractivity contribution in [1.29, 1.82) is 5.26 Å². The minimum absolute atomic E-state index is 0.323. The van der Waals surface area contributed by atoms with E-state index in [1.165, 1.54) is 0 Å². The number of nitriles is 1. The highest BCUT2D eigenvalue weighted by Gasteiger charge is 2.07. The number of hydrogen-bond donors (Lipinski definition) is 0. The fraction of sp³-hybridized carbons (Fsp3) is 0.0714. The molecule has 18 heavy (non-hydrogen) atoms. The van der Waals surface area contributed by atoms with Crippen LogP contribution in [0.2, 0.25) is 0 Å². The number of benzene rings is 1. The Bertz CT molecular complexity index is 602. The van der Waals surface area contributed by atoms with E-state index < -0.39 is 0 Å². The first-order valence-electron chi connectivity index (χ1n) is 5.52. The van der Waals surface area contributed by atoms with E-state index in [0.717, 1.165) is 5.56 Å². The number of nitrogens with zero attached hydrogens (tertiary/aromatic N) is 4. The molecule has 0 saturated carbocycles. The third kappa shape index (κ3) is 2.53. The van der Waals surface area contributed by atoms with E-state index in [1.807, 2.05) is 48.6 Å². The molecule has 2 aromatic rings. The smallest absolute Gasteiger partial charge is 0.190 e. The maximum absolute atomic E-state index is 8.97. The molecule has 0 saturated heterocycles. The van der Waals surface area contributed by atoms with E-state index in [4.69, 9.17) is 5.26 Å². The van der Waals surface area contributed by atoms with E-state index in [2.05, 4.69) is 16.9 Å². The second-order valence-electron chi connectivity index (χ2n) is 3.65. The molecule has 0 fully saturated rings. The van der Waals surface area contributed by atoms with Gasteiger partial charge in [-0.1, -0.05) is 47.7 Å². The summed E-state index contributed by atoms with van der Waals surface area (Å²) >= 11 is 0. The zero-order valence-electron chi connectivity index (χ0n) is 9.82. The Balaban J connectivity index is 2.33. The molecule has 0 unspecified atom stereocenters. The lowest BCUT2D eigenvalue weighted by Crippen LogP contribution is -2.00. The van der Waals surface area contributed by atoms with Crippen LogP contribution >= 0.6 is 0 Å². The number of hydrogen-bond acceptors (Lipinski definition) is 3. The minimum atomic E-state index is 0.323. The molecule has 0 amide bonds. The van der Waals surface area contributed by atoms with Gasteiger partial charge in [-0.2, -0.15) is 5.26 Å². The molecular weight excluding hydrogens is 224 g/mol. The highest BCUT2D eigenvalue weighted by Crippen LogP contribution is 2.10. The summed E-state index contributed by atoms with van der Waals surface area (Å²) in [6.07, 6.45) is 5.49. The average molecular weight is 236 g/mol. The van der Waals surface area contributed by atoms with Gasteiger partial charge in [0.15, 0.2) is 5.69 Å². The van der Waals surface area contributed by atoms with Crippen molar-refractivity contribution in [3.63, 3.8) is 0 Å². The molecule has 0 spiro atoms. The Morgan fingerprint density at radius 2 is 2.06 bits per heavy atom. The standard InChI is InChI=1S/C14H12N4/c1-2-10-18-14(13(11-15)16-17-18)9-8-12-6-4-3-5-7-12/h2-9H,1,10H2/b9-8+. The lowest BCUT2D eigenvalue weighted by atomic mass is 10.2. The first-order chi connectivity index (χ1) is 8.85. The monoisotopic (exact) mass is 236 g/mol. The summed E-state index contributed by atoms with van der Waals surface area (Å²) in [5, 5.41) is 16.7. The molecule has 4 heteroatoms. The normalized spacial score (nSPS) is 10.4. The van der Waals surface area contributed by atoms with Crippen LogP contribution in [0.1, 0.15) is 17.0 Å². The Kier molecular flexibility index (Phi) is 3.67. The second kappa shape index (κ2) is 5.60. The van der Waals surface area contributed by atoms with Crippen molar-refractivity contribution in [3.8, 4) is 6.07 Å².